The molecule has 0 aliphatic heterocycles. The van der Waals surface area contributed by atoms with E-state index >= 15 is 0 Å². The van der Waals surface area contributed by atoms with Crippen LogP contribution in [-0.2, 0) is 16.3 Å². The van der Waals surface area contributed by atoms with Crippen LogP contribution in [0, 0.1) is 17.1 Å². The number of fused-ring (bicyclic) bond motifs is 2. The van der Waals surface area contributed by atoms with E-state index in [0.29, 0.717) is 5.56 Å². The fourth-order valence-electron chi connectivity index (χ4n) is 4.66. The van der Waals surface area contributed by atoms with Gasteiger partial charge < -0.3 is 10.2 Å². The maximum absolute atomic E-state index is 14.7. The van der Waals surface area contributed by atoms with E-state index < -0.39 is 46.1 Å². The molecule has 0 fully saturated rings. The number of aliphatic hydroxyl groups excluding tert-OH is 2. The summed E-state index contributed by atoms with van der Waals surface area (Å²) in [6.45, 7) is 0. The van der Waals surface area contributed by atoms with Crippen LogP contribution < -0.4 is 0 Å². The van der Waals surface area contributed by atoms with Crippen molar-refractivity contribution in [3.8, 4) is 6.07 Å². The first-order chi connectivity index (χ1) is 14.0. The van der Waals surface area contributed by atoms with Crippen molar-refractivity contribution in [2.75, 3.05) is 6.26 Å². The molecule has 9 heteroatoms. The molecule has 0 heterocycles. The van der Waals surface area contributed by atoms with Crippen molar-refractivity contribution >= 4 is 9.84 Å². The Hall–Kier alpha value is -2.41. The second-order valence-corrected chi connectivity index (χ2v) is 9.78. The van der Waals surface area contributed by atoms with E-state index in [1.54, 1.807) is 0 Å². The minimum absolute atomic E-state index is 0.0633. The minimum atomic E-state index is -3.77. The second kappa shape index (κ2) is 7.08. The quantitative estimate of drug-likeness (QED) is 0.753. The molecule has 0 radical (unpaired) electrons. The van der Waals surface area contributed by atoms with Crippen LogP contribution in [-0.4, -0.2) is 37.2 Å². The Morgan fingerprint density at radius 3 is 2.40 bits per heavy atom. The lowest BCUT2D eigenvalue weighted by Crippen LogP contribution is -2.27. The monoisotopic (exact) mass is 437 g/mol. The number of hydrogen-bond donors (Lipinski definition) is 2. The van der Waals surface area contributed by atoms with E-state index in [4.69, 9.17) is 0 Å². The number of nitriles is 1. The number of benzene rings is 2. The van der Waals surface area contributed by atoms with Gasteiger partial charge >= 0.3 is 0 Å². The van der Waals surface area contributed by atoms with Crippen LogP contribution in [0.1, 0.15) is 57.9 Å². The van der Waals surface area contributed by atoms with Crippen LogP contribution in [0.3, 0.4) is 0 Å². The molecule has 2 aliphatic carbocycles. The third-order valence-electron chi connectivity index (χ3n) is 5.93. The number of halogens is 3. The smallest absolute Gasteiger partial charge is 0.175 e. The van der Waals surface area contributed by atoms with Crippen LogP contribution in [0.25, 0.3) is 0 Å². The van der Waals surface area contributed by atoms with E-state index in [1.807, 2.05) is 6.07 Å². The molecule has 0 amide bonds. The van der Waals surface area contributed by atoms with Crippen molar-refractivity contribution in [1.82, 2.24) is 0 Å². The Balaban J connectivity index is 2.00. The SMILES string of the molecule is CS(=O)(=O)c1ccc([C@H]2C[C@@H](F)[C@@H](O)c3cc(F)cc(C#N)c32)c2c1[C@H](O)[C@H](F)C2. The third kappa shape index (κ3) is 3.11. The van der Waals surface area contributed by atoms with Gasteiger partial charge in [0, 0.05) is 24.2 Å². The van der Waals surface area contributed by atoms with Crippen molar-refractivity contribution in [3.05, 3.63) is 63.5 Å². The first kappa shape index (κ1) is 20.8. The standard InChI is InChI=1S/C21H18F3NO4S/c1-30(28,29)17-3-2-11(13-7-16(24)21(27)19(13)17)12-6-15(23)20(26)14-5-10(22)4-9(8-25)18(12)14/h2-5,12,15-16,20-21,26-27H,6-7H2,1H3/t12-,15-,16-,20+,21-/m1/s1. The average molecular weight is 437 g/mol. The number of sulfone groups is 1. The van der Waals surface area contributed by atoms with Crippen LogP contribution in [0.2, 0.25) is 0 Å². The van der Waals surface area contributed by atoms with Crippen LogP contribution in [0.4, 0.5) is 13.2 Å². The highest BCUT2D eigenvalue weighted by molar-refractivity contribution is 7.90. The lowest BCUT2D eigenvalue weighted by Gasteiger charge is -2.34. The summed E-state index contributed by atoms with van der Waals surface area (Å²) in [6, 6.07) is 6.46. The van der Waals surface area contributed by atoms with Gasteiger partial charge in [-0.2, -0.15) is 5.26 Å². The van der Waals surface area contributed by atoms with Gasteiger partial charge in [-0.1, -0.05) is 6.07 Å². The largest absolute Gasteiger partial charge is 0.385 e. The molecule has 4 rings (SSSR count). The molecule has 2 N–H and O–H groups in total. The van der Waals surface area contributed by atoms with Gasteiger partial charge in [-0.25, -0.2) is 21.6 Å². The molecule has 0 saturated carbocycles. The molecule has 30 heavy (non-hydrogen) atoms. The van der Waals surface area contributed by atoms with E-state index in [-0.39, 0.29) is 45.6 Å². The number of rotatable bonds is 2. The average Bonchev–Trinajstić information content (AvgIpc) is 2.97. The predicted molar refractivity (Wildman–Crippen MR) is 101 cm³/mol. The van der Waals surface area contributed by atoms with Crippen LogP contribution >= 0.6 is 0 Å². The predicted octanol–water partition coefficient (Wildman–Crippen LogP) is 2.94. The molecule has 0 spiro atoms. The van der Waals surface area contributed by atoms with Crippen molar-refractivity contribution < 1.29 is 31.8 Å². The summed E-state index contributed by atoms with van der Waals surface area (Å²) in [4.78, 5) is -0.207. The summed E-state index contributed by atoms with van der Waals surface area (Å²) in [5.74, 6) is -1.64. The van der Waals surface area contributed by atoms with Gasteiger partial charge in [0.05, 0.1) is 16.5 Å². The maximum Gasteiger partial charge on any atom is 0.175 e. The Bertz CT molecular complexity index is 1190. The highest BCUT2D eigenvalue weighted by atomic mass is 32.2. The zero-order valence-corrected chi connectivity index (χ0v) is 16.6. The molecule has 0 bridgehead atoms. The molecule has 158 valence electrons. The summed E-state index contributed by atoms with van der Waals surface area (Å²) in [5.41, 5.74) is 0.614. The highest BCUT2D eigenvalue weighted by Crippen LogP contribution is 2.49. The molecule has 0 aromatic heterocycles. The van der Waals surface area contributed by atoms with Gasteiger partial charge in [0.25, 0.3) is 0 Å². The molecule has 2 aromatic carbocycles. The van der Waals surface area contributed by atoms with Crippen LogP contribution in [0.15, 0.2) is 29.2 Å². The van der Waals surface area contributed by atoms with Gasteiger partial charge in [-0.3, -0.25) is 0 Å². The molecule has 5 nitrogen and oxygen atoms in total. The number of nitrogens with zero attached hydrogens (tertiary/aromatic N) is 1. The van der Waals surface area contributed by atoms with E-state index in [2.05, 4.69) is 0 Å². The molecule has 0 unspecified atom stereocenters. The summed E-state index contributed by atoms with van der Waals surface area (Å²) in [6.07, 6.45) is -6.37. The first-order valence-electron chi connectivity index (χ1n) is 9.28. The summed E-state index contributed by atoms with van der Waals surface area (Å²) < 4.78 is 67.3. The maximum atomic E-state index is 14.7. The molecule has 2 aromatic rings. The lowest BCUT2D eigenvalue weighted by atomic mass is 9.73. The van der Waals surface area contributed by atoms with Crippen LogP contribution in [0.5, 0.6) is 0 Å². The van der Waals surface area contributed by atoms with Crippen molar-refractivity contribution in [2.24, 2.45) is 0 Å². The van der Waals surface area contributed by atoms with E-state index in [9.17, 15) is 37.1 Å². The van der Waals surface area contributed by atoms with Gasteiger partial charge in [0.2, 0.25) is 0 Å². The normalized spacial score (nSPS) is 28.0. The van der Waals surface area contributed by atoms with Gasteiger partial charge in [-0.15, -0.1) is 0 Å². The molecular formula is C21H18F3NO4S. The van der Waals surface area contributed by atoms with E-state index in [1.165, 1.54) is 12.1 Å². The fraction of sp³-hybridized carbons (Fsp3) is 0.381. The second-order valence-electron chi connectivity index (χ2n) is 7.80. The molecule has 0 saturated heterocycles. The number of alkyl halides is 2. The topological polar surface area (TPSA) is 98.4 Å². The zero-order valence-electron chi connectivity index (χ0n) is 15.8. The lowest BCUT2D eigenvalue weighted by molar-refractivity contribution is 0.0599. The fourth-order valence-corrected chi connectivity index (χ4v) is 5.62. The summed E-state index contributed by atoms with van der Waals surface area (Å²) >= 11 is 0. The van der Waals surface area contributed by atoms with Crippen molar-refractivity contribution in [3.63, 3.8) is 0 Å². The Morgan fingerprint density at radius 1 is 1.07 bits per heavy atom. The third-order valence-corrected chi connectivity index (χ3v) is 7.09. The van der Waals surface area contributed by atoms with Gasteiger partial charge in [0.1, 0.15) is 30.4 Å². The van der Waals surface area contributed by atoms with Gasteiger partial charge in [0.15, 0.2) is 9.84 Å². The van der Waals surface area contributed by atoms with E-state index in [0.717, 1.165) is 18.4 Å². The Morgan fingerprint density at radius 2 is 1.77 bits per heavy atom. The van der Waals surface area contributed by atoms with Gasteiger partial charge in [-0.05, 0) is 46.9 Å². The van der Waals surface area contributed by atoms with Crippen molar-refractivity contribution in [2.45, 2.75) is 48.2 Å². The minimum Gasteiger partial charge on any atom is -0.385 e. The Labute approximate surface area is 171 Å². The molecule has 2 aliphatic rings. The summed E-state index contributed by atoms with van der Waals surface area (Å²) in [5, 5.41) is 30.0. The number of hydrogen-bond acceptors (Lipinski definition) is 5. The van der Waals surface area contributed by atoms with Crippen molar-refractivity contribution in [1.29, 1.82) is 5.26 Å². The first-order valence-corrected chi connectivity index (χ1v) is 11.2. The zero-order chi connectivity index (χ0) is 22.0. The molecule has 5 atom stereocenters. The Kier molecular flexibility index (Phi) is 4.92. The molecular weight excluding hydrogens is 419 g/mol. The number of aliphatic hydroxyl groups is 2. The summed E-state index contributed by atoms with van der Waals surface area (Å²) in [7, 11) is -3.77. The highest BCUT2D eigenvalue weighted by Gasteiger charge is 2.42.